The minimum Gasteiger partial charge on any atom is -0.313 e. The van der Waals surface area contributed by atoms with Gasteiger partial charge in [0.15, 0.2) is 0 Å². The van der Waals surface area contributed by atoms with E-state index in [0.717, 1.165) is 12.0 Å². The van der Waals surface area contributed by atoms with Crippen molar-refractivity contribution in [1.82, 2.24) is 5.32 Å². The Morgan fingerprint density at radius 3 is 2.13 bits per heavy atom. The first-order valence-electron chi connectivity index (χ1n) is 6.61. The van der Waals surface area contributed by atoms with Crippen molar-refractivity contribution in [2.24, 2.45) is 5.92 Å². The van der Waals surface area contributed by atoms with Gasteiger partial charge in [0.05, 0.1) is 0 Å². The zero-order valence-corrected chi connectivity index (χ0v) is 11.8. The quantitative estimate of drug-likeness (QED) is 0.572. The molecule has 0 aliphatic carbocycles. The molecule has 15 heavy (non-hydrogen) atoms. The SMILES string of the molecule is CCCNC(CSCCC)C(CC)CC. The third-order valence-corrected chi connectivity index (χ3v) is 4.21. The molecule has 0 aromatic rings. The molecule has 0 heterocycles. The average Bonchev–Trinajstić information content (AvgIpc) is 2.26. The molecule has 1 N–H and O–H groups in total. The van der Waals surface area contributed by atoms with Crippen LogP contribution in [0.1, 0.15) is 53.4 Å². The standard InChI is InChI=1S/C13H29NS/c1-5-9-14-13(11-15-10-6-2)12(7-3)8-4/h12-14H,5-11H2,1-4H3. The molecule has 0 rings (SSSR count). The molecule has 0 amide bonds. The summed E-state index contributed by atoms with van der Waals surface area (Å²) in [4.78, 5) is 0. The topological polar surface area (TPSA) is 12.0 Å². The molecular formula is C13H29NS. The van der Waals surface area contributed by atoms with E-state index >= 15 is 0 Å². The van der Waals surface area contributed by atoms with Crippen LogP contribution in [0.4, 0.5) is 0 Å². The van der Waals surface area contributed by atoms with Crippen molar-refractivity contribution in [2.75, 3.05) is 18.1 Å². The summed E-state index contributed by atoms with van der Waals surface area (Å²) in [7, 11) is 0. The van der Waals surface area contributed by atoms with Crippen LogP contribution in [0.5, 0.6) is 0 Å². The largest absolute Gasteiger partial charge is 0.313 e. The van der Waals surface area contributed by atoms with E-state index < -0.39 is 0 Å². The smallest absolute Gasteiger partial charge is 0.0186 e. The molecule has 0 bridgehead atoms. The fourth-order valence-corrected chi connectivity index (χ4v) is 3.00. The number of rotatable bonds is 10. The molecule has 0 fully saturated rings. The average molecular weight is 231 g/mol. The van der Waals surface area contributed by atoms with E-state index in [9.17, 15) is 0 Å². The molecule has 0 aliphatic rings. The Kier molecular flexibility index (Phi) is 11.0. The van der Waals surface area contributed by atoms with Gasteiger partial charge in [0.2, 0.25) is 0 Å². The maximum absolute atomic E-state index is 3.71. The van der Waals surface area contributed by atoms with Gasteiger partial charge < -0.3 is 5.32 Å². The van der Waals surface area contributed by atoms with Crippen molar-refractivity contribution < 1.29 is 0 Å². The van der Waals surface area contributed by atoms with Gasteiger partial charge in [0.25, 0.3) is 0 Å². The van der Waals surface area contributed by atoms with Crippen LogP contribution in [-0.4, -0.2) is 24.1 Å². The summed E-state index contributed by atoms with van der Waals surface area (Å²) in [5.74, 6) is 3.46. The monoisotopic (exact) mass is 231 g/mol. The Morgan fingerprint density at radius 1 is 1.00 bits per heavy atom. The van der Waals surface area contributed by atoms with E-state index in [-0.39, 0.29) is 0 Å². The van der Waals surface area contributed by atoms with E-state index in [4.69, 9.17) is 0 Å². The molecule has 0 saturated heterocycles. The molecule has 0 radical (unpaired) electrons. The Hall–Kier alpha value is 0.310. The zero-order valence-electron chi connectivity index (χ0n) is 11.0. The Labute approximate surface area is 101 Å². The fraction of sp³-hybridized carbons (Fsp3) is 1.00. The predicted octanol–water partition coefficient (Wildman–Crippen LogP) is 3.93. The maximum Gasteiger partial charge on any atom is 0.0186 e. The zero-order chi connectivity index (χ0) is 11.5. The van der Waals surface area contributed by atoms with Crippen LogP contribution >= 0.6 is 11.8 Å². The lowest BCUT2D eigenvalue weighted by Crippen LogP contribution is -2.38. The third kappa shape index (κ3) is 7.24. The van der Waals surface area contributed by atoms with Gasteiger partial charge in [-0.25, -0.2) is 0 Å². The molecule has 1 atom stereocenters. The van der Waals surface area contributed by atoms with Gasteiger partial charge in [-0.1, -0.05) is 40.5 Å². The van der Waals surface area contributed by atoms with Crippen LogP contribution in [0.25, 0.3) is 0 Å². The van der Waals surface area contributed by atoms with E-state index in [2.05, 4.69) is 44.8 Å². The highest BCUT2D eigenvalue weighted by molar-refractivity contribution is 7.99. The molecule has 0 spiro atoms. The fourth-order valence-electron chi connectivity index (χ4n) is 1.90. The number of hydrogen-bond donors (Lipinski definition) is 1. The molecule has 0 aliphatic heterocycles. The summed E-state index contributed by atoms with van der Waals surface area (Å²) in [6.07, 6.45) is 5.16. The minimum atomic E-state index is 0.733. The molecule has 1 nitrogen and oxygen atoms in total. The minimum absolute atomic E-state index is 0.733. The van der Waals surface area contributed by atoms with Crippen molar-refractivity contribution in [3.8, 4) is 0 Å². The van der Waals surface area contributed by atoms with E-state index in [1.165, 1.54) is 43.7 Å². The second kappa shape index (κ2) is 10.8. The maximum atomic E-state index is 3.71. The van der Waals surface area contributed by atoms with Gasteiger partial charge in [0, 0.05) is 11.8 Å². The van der Waals surface area contributed by atoms with Crippen LogP contribution in [-0.2, 0) is 0 Å². The van der Waals surface area contributed by atoms with E-state index in [1.807, 2.05) is 0 Å². The van der Waals surface area contributed by atoms with Crippen molar-refractivity contribution in [1.29, 1.82) is 0 Å². The summed E-state index contributed by atoms with van der Waals surface area (Å²) >= 11 is 2.11. The Morgan fingerprint density at radius 2 is 1.67 bits per heavy atom. The first-order valence-corrected chi connectivity index (χ1v) is 7.76. The van der Waals surface area contributed by atoms with Crippen LogP contribution in [0.2, 0.25) is 0 Å². The van der Waals surface area contributed by atoms with Gasteiger partial charge in [0.1, 0.15) is 0 Å². The van der Waals surface area contributed by atoms with Crippen LogP contribution in [0.15, 0.2) is 0 Å². The highest BCUT2D eigenvalue weighted by Gasteiger charge is 2.17. The van der Waals surface area contributed by atoms with Gasteiger partial charge in [-0.3, -0.25) is 0 Å². The van der Waals surface area contributed by atoms with Crippen LogP contribution in [0.3, 0.4) is 0 Å². The second-order valence-corrected chi connectivity index (χ2v) is 5.36. The summed E-state index contributed by atoms with van der Waals surface area (Å²) in [5, 5.41) is 3.71. The molecule has 0 aromatic heterocycles. The summed E-state index contributed by atoms with van der Waals surface area (Å²) in [6.45, 7) is 10.3. The number of thioether (sulfide) groups is 1. The highest BCUT2D eigenvalue weighted by atomic mass is 32.2. The first kappa shape index (κ1) is 15.3. The van der Waals surface area contributed by atoms with Crippen molar-refractivity contribution in [3.63, 3.8) is 0 Å². The first-order chi connectivity index (χ1) is 7.29. The van der Waals surface area contributed by atoms with Gasteiger partial charge >= 0.3 is 0 Å². The number of nitrogens with one attached hydrogen (secondary N) is 1. The lowest BCUT2D eigenvalue weighted by Gasteiger charge is -2.26. The van der Waals surface area contributed by atoms with Crippen LogP contribution < -0.4 is 5.32 Å². The van der Waals surface area contributed by atoms with Gasteiger partial charge in [-0.15, -0.1) is 0 Å². The van der Waals surface area contributed by atoms with Crippen molar-refractivity contribution in [3.05, 3.63) is 0 Å². The van der Waals surface area contributed by atoms with Crippen LogP contribution in [0, 0.1) is 5.92 Å². The third-order valence-electron chi connectivity index (χ3n) is 2.92. The molecule has 2 heteroatoms. The van der Waals surface area contributed by atoms with Gasteiger partial charge in [-0.05, 0) is 31.1 Å². The van der Waals surface area contributed by atoms with E-state index in [0.29, 0.717) is 0 Å². The molecule has 0 aromatic carbocycles. The highest BCUT2D eigenvalue weighted by Crippen LogP contribution is 2.17. The number of hydrogen-bond acceptors (Lipinski definition) is 2. The summed E-state index contributed by atoms with van der Waals surface area (Å²) in [6, 6.07) is 0.733. The van der Waals surface area contributed by atoms with E-state index in [1.54, 1.807) is 0 Å². The molecule has 1 unspecified atom stereocenters. The lowest BCUT2D eigenvalue weighted by molar-refractivity contribution is 0.360. The molecule has 0 saturated carbocycles. The summed E-state index contributed by atoms with van der Waals surface area (Å²) < 4.78 is 0. The van der Waals surface area contributed by atoms with Crippen molar-refractivity contribution in [2.45, 2.75) is 59.4 Å². The normalized spacial score (nSPS) is 13.4. The molecular weight excluding hydrogens is 202 g/mol. The predicted molar refractivity (Wildman–Crippen MR) is 73.8 cm³/mol. The Balaban J connectivity index is 3.91. The van der Waals surface area contributed by atoms with Gasteiger partial charge in [-0.2, -0.15) is 11.8 Å². The Bertz CT molecular complexity index is 124. The molecule has 92 valence electrons. The lowest BCUT2D eigenvalue weighted by atomic mass is 9.95. The van der Waals surface area contributed by atoms with Crippen molar-refractivity contribution >= 4 is 11.8 Å². The summed E-state index contributed by atoms with van der Waals surface area (Å²) in [5.41, 5.74) is 0. The second-order valence-electron chi connectivity index (χ2n) is 4.21.